The lowest BCUT2D eigenvalue weighted by Crippen LogP contribution is -2.44. The number of hydrogen-bond donors (Lipinski definition) is 1. The second-order valence-corrected chi connectivity index (χ2v) is 11.4. The van der Waals surface area contributed by atoms with Crippen molar-refractivity contribution in [3.8, 4) is 0 Å². The minimum Gasteiger partial charge on any atom is -0.310 e. The van der Waals surface area contributed by atoms with Crippen LogP contribution in [0.15, 0.2) is 4.79 Å². The van der Waals surface area contributed by atoms with Crippen LogP contribution in [0.1, 0.15) is 75.4 Å². The lowest BCUT2D eigenvalue weighted by atomic mass is 9.86. The van der Waals surface area contributed by atoms with Gasteiger partial charge < -0.3 is 4.98 Å². The number of rotatable bonds is 4. The molecule has 1 atom stereocenters. The van der Waals surface area contributed by atoms with E-state index in [9.17, 15) is 13.2 Å². The van der Waals surface area contributed by atoms with Crippen molar-refractivity contribution in [3.05, 3.63) is 27.4 Å². The molecule has 1 saturated carbocycles. The van der Waals surface area contributed by atoms with Crippen LogP contribution in [0, 0.1) is 5.92 Å². The highest BCUT2D eigenvalue weighted by molar-refractivity contribution is 7.89. The van der Waals surface area contributed by atoms with Gasteiger partial charge >= 0.3 is 0 Å². The molecular formula is C21H34N4O3S. The topological polar surface area (TPSA) is 86.4 Å². The van der Waals surface area contributed by atoms with E-state index in [-0.39, 0.29) is 17.2 Å². The molecular weight excluding hydrogens is 388 g/mol. The number of aromatic nitrogens is 2. The number of H-pyrrole nitrogens is 1. The van der Waals surface area contributed by atoms with E-state index in [1.165, 1.54) is 25.7 Å². The molecule has 2 aliphatic heterocycles. The smallest absolute Gasteiger partial charge is 0.255 e. The van der Waals surface area contributed by atoms with E-state index in [0.717, 1.165) is 43.0 Å². The van der Waals surface area contributed by atoms with Crippen LogP contribution in [0.3, 0.4) is 0 Å². The van der Waals surface area contributed by atoms with Gasteiger partial charge in [0.1, 0.15) is 5.82 Å². The molecule has 3 aliphatic rings. The molecule has 0 spiro atoms. The van der Waals surface area contributed by atoms with Gasteiger partial charge in [-0.15, -0.1) is 0 Å². The predicted octanol–water partition coefficient (Wildman–Crippen LogP) is 2.24. The summed E-state index contributed by atoms with van der Waals surface area (Å²) in [5, 5.41) is 0. The average Bonchev–Trinajstić information content (AvgIpc) is 2.74. The van der Waals surface area contributed by atoms with Crippen molar-refractivity contribution in [2.75, 3.05) is 25.4 Å². The lowest BCUT2D eigenvalue weighted by molar-refractivity contribution is 0.124. The van der Waals surface area contributed by atoms with Gasteiger partial charge in [-0.3, -0.25) is 9.69 Å². The quantitative estimate of drug-likeness (QED) is 0.804. The van der Waals surface area contributed by atoms with Crippen LogP contribution in [0.2, 0.25) is 0 Å². The molecule has 2 fully saturated rings. The largest absolute Gasteiger partial charge is 0.310 e. The molecule has 29 heavy (non-hydrogen) atoms. The monoisotopic (exact) mass is 422 g/mol. The summed E-state index contributed by atoms with van der Waals surface area (Å²) in [5.74, 6) is 1.58. The van der Waals surface area contributed by atoms with E-state index in [4.69, 9.17) is 4.98 Å². The van der Waals surface area contributed by atoms with Crippen molar-refractivity contribution < 1.29 is 8.42 Å². The van der Waals surface area contributed by atoms with Crippen LogP contribution in [0.4, 0.5) is 0 Å². The number of aromatic amines is 1. The standard InChI is InChI=1S/C21H34N4O3S/c1-3-29(27,28)25-11-4-5-16(13-25)20-22-19-10-12-24(14-18(19)21(26)23-20)17-8-6-15(2)7-9-17/h15-17H,3-14H2,1-2H3,(H,22,23,26). The van der Waals surface area contributed by atoms with Gasteiger partial charge in [0.05, 0.1) is 17.0 Å². The number of nitrogens with zero attached hydrogens (tertiary/aromatic N) is 3. The molecule has 7 nitrogen and oxygen atoms in total. The van der Waals surface area contributed by atoms with Crippen LogP contribution >= 0.6 is 0 Å². The summed E-state index contributed by atoms with van der Waals surface area (Å²) in [7, 11) is -3.21. The van der Waals surface area contributed by atoms with Gasteiger partial charge in [-0.05, 0) is 51.4 Å². The van der Waals surface area contributed by atoms with Crippen molar-refractivity contribution in [2.24, 2.45) is 5.92 Å². The summed E-state index contributed by atoms with van der Waals surface area (Å²) in [5.41, 5.74) is 1.70. The third kappa shape index (κ3) is 4.44. The molecule has 1 aromatic rings. The molecule has 3 heterocycles. The Balaban J connectivity index is 1.50. The Morgan fingerprint density at radius 3 is 2.62 bits per heavy atom. The highest BCUT2D eigenvalue weighted by Gasteiger charge is 2.32. The first-order valence-electron chi connectivity index (χ1n) is 11.2. The molecule has 4 rings (SSSR count). The zero-order valence-corrected chi connectivity index (χ0v) is 18.5. The summed E-state index contributed by atoms with van der Waals surface area (Å²) >= 11 is 0. The Labute approximate surface area is 173 Å². The molecule has 162 valence electrons. The van der Waals surface area contributed by atoms with Gasteiger partial charge in [-0.25, -0.2) is 17.7 Å². The molecule has 0 amide bonds. The number of nitrogens with one attached hydrogen (secondary N) is 1. The first-order chi connectivity index (χ1) is 13.9. The normalized spacial score (nSPS) is 29.5. The van der Waals surface area contributed by atoms with Gasteiger partial charge in [0.25, 0.3) is 5.56 Å². The maximum absolute atomic E-state index is 12.9. The Morgan fingerprint density at radius 1 is 1.14 bits per heavy atom. The van der Waals surface area contributed by atoms with Crippen molar-refractivity contribution in [3.63, 3.8) is 0 Å². The first kappa shape index (κ1) is 21.0. The number of piperidine rings is 1. The molecule has 0 radical (unpaired) electrons. The minimum absolute atomic E-state index is 0.0269. The van der Waals surface area contributed by atoms with Crippen molar-refractivity contribution in [1.29, 1.82) is 0 Å². The second kappa shape index (κ2) is 8.47. The first-order valence-corrected chi connectivity index (χ1v) is 12.8. The Kier molecular flexibility index (Phi) is 6.14. The summed E-state index contributed by atoms with van der Waals surface area (Å²) in [6.07, 6.45) is 7.48. The number of sulfonamides is 1. The van der Waals surface area contributed by atoms with Gasteiger partial charge in [0.2, 0.25) is 10.0 Å². The summed E-state index contributed by atoms with van der Waals surface area (Å²) in [4.78, 5) is 23.2. The number of hydrogen-bond acceptors (Lipinski definition) is 5. The van der Waals surface area contributed by atoms with Crippen molar-refractivity contribution in [2.45, 2.75) is 77.3 Å². The third-order valence-corrected chi connectivity index (χ3v) is 9.00. The molecule has 1 N–H and O–H groups in total. The van der Waals surface area contributed by atoms with Gasteiger partial charge in [0, 0.05) is 44.6 Å². The Bertz CT molecular complexity index is 890. The Morgan fingerprint density at radius 2 is 1.90 bits per heavy atom. The van der Waals surface area contributed by atoms with Crippen molar-refractivity contribution >= 4 is 10.0 Å². The maximum Gasteiger partial charge on any atom is 0.255 e. The molecule has 1 aliphatic carbocycles. The molecule has 1 saturated heterocycles. The van der Waals surface area contributed by atoms with Gasteiger partial charge in [-0.1, -0.05) is 6.92 Å². The van der Waals surface area contributed by atoms with Crippen LogP contribution < -0.4 is 5.56 Å². The van der Waals surface area contributed by atoms with E-state index in [0.29, 0.717) is 31.5 Å². The molecule has 8 heteroatoms. The summed E-state index contributed by atoms with van der Waals surface area (Å²) in [6, 6.07) is 0.588. The summed E-state index contributed by atoms with van der Waals surface area (Å²) < 4.78 is 26.1. The molecule has 1 unspecified atom stereocenters. The van der Waals surface area contributed by atoms with Crippen LogP contribution in [-0.2, 0) is 23.0 Å². The highest BCUT2D eigenvalue weighted by atomic mass is 32.2. The summed E-state index contributed by atoms with van der Waals surface area (Å²) in [6.45, 7) is 6.65. The zero-order valence-electron chi connectivity index (χ0n) is 17.7. The average molecular weight is 423 g/mol. The zero-order chi connectivity index (χ0) is 20.6. The maximum atomic E-state index is 12.9. The second-order valence-electron chi connectivity index (χ2n) is 9.11. The molecule has 1 aromatic heterocycles. The van der Waals surface area contributed by atoms with Crippen molar-refractivity contribution in [1.82, 2.24) is 19.2 Å². The third-order valence-electron chi connectivity index (χ3n) is 7.15. The van der Waals surface area contributed by atoms with E-state index in [1.807, 2.05) is 0 Å². The fourth-order valence-electron chi connectivity index (χ4n) is 5.18. The Hall–Kier alpha value is -1.25. The molecule has 0 bridgehead atoms. The van der Waals surface area contributed by atoms with E-state index >= 15 is 0 Å². The van der Waals surface area contributed by atoms with Crippen LogP contribution in [0.25, 0.3) is 0 Å². The lowest BCUT2D eigenvalue weighted by Gasteiger charge is -2.38. The van der Waals surface area contributed by atoms with E-state index in [1.54, 1.807) is 11.2 Å². The fraction of sp³-hybridized carbons (Fsp3) is 0.810. The van der Waals surface area contributed by atoms with Crippen LogP contribution in [0.5, 0.6) is 0 Å². The van der Waals surface area contributed by atoms with E-state index < -0.39 is 10.0 Å². The van der Waals surface area contributed by atoms with Crippen LogP contribution in [-0.4, -0.2) is 59.0 Å². The SMILES string of the molecule is CCS(=O)(=O)N1CCCC(c2nc3c(c(=O)[nH]2)CN(C2CCC(C)CC2)CC3)C1. The van der Waals surface area contributed by atoms with Gasteiger partial charge in [0.15, 0.2) is 0 Å². The molecule has 0 aromatic carbocycles. The predicted molar refractivity (Wildman–Crippen MR) is 113 cm³/mol. The fourth-order valence-corrected chi connectivity index (χ4v) is 6.36. The minimum atomic E-state index is -3.21. The van der Waals surface area contributed by atoms with Gasteiger partial charge in [-0.2, -0.15) is 0 Å². The van der Waals surface area contributed by atoms with E-state index in [2.05, 4.69) is 16.8 Å². The number of fused-ring (bicyclic) bond motifs is 1. The highest BCUT2D eigenvalue weighted by Crippen LogP contribution is 2.30.